The number of amides is 1. The molecule has 0 bridgehead atoms. The van der Waals surface area contributed by atoms with Crippen molar-refractivity contribution in [1.29, 1.82) is 0 Å². The van der Waals surface area contributed by atoms with Gasteiger partial charge in [0.25, 0.3) is 0 Å². The Morgan fingerprint density at radius 2 is 2.12 bits per heavy atom. The van der Waals surface area contributed by atoms with Gasteiger partial charge in [-0.05, 0) is 25.1 Å². The maximum Gasteiger partial charge on any atom is 0.227 e. The highest BCUT2D eigenvalue weighted by molar-refractivity contribution is 6.30. The lowest BCUT2D eigenvalue weighted by Crippen LogP contribution is -2.24. The SMILES string of the molecule is COc1ccc(Cl)cc1CNC(=O)CC(C)=O. The van der Waals surface area contributed by atoms with Gasteiger partial charge in [-0.25, -0.2) is 0 Å². The number of rotatable bonds is 5. The summed E-state index contributed by atoms with van der Waals surface area (Å²) < 4.78 is 5.14. The Kier molecular flexibility index (Phi) is 4.97. The standard InChI is InChI=1S/C12H14ClNO3/c1-8(15)5-12(16)14-7-9-6-10(13)3-4-11(9)17-2/h3-4,6H,5,7H2,1-2H3,(H,14,16). The molecule has 0 aliphatic carbocycles. The van der Waals surface area contributed by atoms with Crippen LogP contribution in [-0.4, -0.2) is 18.8 Å². The van der Waals surface area contributed by atoms with Crippen LogP contribution in [0.3, 0.4) is 0 Å². The summed E-state index contributed by atoms with van der Waals surface area (Å²) in [7, 11) is 1.55. The summed E-state index contributed by atoms with van der Waals surface area (Å²) in [5, 5.41) is 3.20. The first-order chi connectivity index (χ1) is 8.02. The normalized spacial score (nSPS) is 9.82. The predicted molar refractivity (Wildman–Crippen MR) is 65.1 cm³/mol. The van der Waals surface area contributed by atoms with Crippen LogP contribution in [0.25, 0.3) is 0 Å². The number of benzene rings is 1. The molecule has 0 heterocycles. The summed E-state index contributed by atoms with van der Waals surface area (Å²) in [6.45, 7) is 1.66. The van der Waals surface area contributed by atoms with E-state index in [4.69, 9.17) is 16.3 Å². The smallest absolute Gasteiger partial charge is 0.227 e. The van der Waals surface area contributed by atoms with Crippen molar-refractivity contribution in [2.75, 3.05) is 7.11 Å². The highest BCUT2D eigenvalue weighted by Crippen LogP contribution is 2.22. The highest BCUT2D eigenvalue weighted by atomic mass is 35.5. The van der Waals surface area contributed by atoms with Crippen molar-refractivity contribution in [3.63, 3.8) is 0 Å². The number of Topliss-reactive ketones (excluding diaryl/α,β-unsaturated/α-hetero) is 1. The molecule has 0 saturated carbocycles. The minimum absolute atomic E-state index is 0.108. The monoisotopic (exact) mass is 255 g/mol. The second-order valence-electron chi connectivity index (χ2n) is 3.61. The summed E-state index contributed by atoms with van der Waals surface area (Å²) in [6.07, 6.45) is -0.108. The maximum absolute atomic E-state index is 11.3. The van der Waals surface area contributed by atoms with E-state index in [0.717, 1.165) is 5.56 Å². The summed E-state index contributed by atoms with van der Waals surface area (Å²) >= 11 is 5.85. The first-order valence-corrected chi connectivity index (χ1v) is 5.49. The Balaban J connectivity index is 2.65. The van der Waals surface area contributed by atoms with E-state index < -0.39 is 0 Å². The van der Waals surface area contributed by atoms with Gasteiger partial charge in [0.2, 0.25) is 5.91 Å². The molecule has 92 valence electrons. The fourth-order valence-corrected chi connectivity index (χ4v) is 1.56. The van der Waals surface area contributed by atoms with E-state index in [0.29, 0.717) is 10.8 Å². The van der Waals surface area contributed by atoms with Crippen LogP contribution in [0, 0.1) is 0 Å². The lowest BCUT2D eigenvalue weighted by molar-refractivity contribution is -0.127. The van der Waals surface area contributed by atoms with Gasteiger partial charge in [0.05, 0.1) is 13.5 Å². The molecule has 1 N–H and O–H groups in total. The molecule has 0 atom stereocenters. The van der Waals surface area contributed by atoms with Crippen molar-refractivity contribution in [3.8, 4) is 5.75 Å². The summed E-state index contributed by atoms with van der Waals surface area (Å²) in [4.78, 5) is 22.0. The van der Waals surface area contributed by atoms with Gasteiger partial charge < -0.3 is 10.1 Å². The zero-order valence-electron chi connectivity index (χ0n) is 9.75. The van der Waals surface area contributed by atoms with Crippen LogP contribution in [0.1, 0.15) is 18.9 Å². The third-order valence-corrected chi connectivity index (χ3v) is 2.36. The van der Waals surface area contributed by atoms with Crippen LogP contribution in [0.2, 0.25) is 5.02 Å². The van der Waals surface area contributed by atoms with E-state index >= 15 is 0 Å². The number of carbonyl (C=O) groups excluding carboxylic acids is 2. The van der Waals surface area contributed by atoms with Crippen molar-refractivity contribution >= 4 is 23.3 Å². The van der Waals surface area contributed by atoms with Crippen molar-refractivity contribution in [3.05, 3.63) is 28.8 Å². The van der Waals surface area contributed by atoms with Gasteiger partial charge >= 0.3 is 0 Å². The molecule has 5 heteroatoms. The Morgan fingerprint density at radius 1 is 1.41 bits per heavy atom. The fourth-order valence-electron chi connectivity index (χ4n) is 1.37. The van der Waals surface area contributed by atoms with Gasteiger partial charge in [-0.3, -0.25) is 9.59 Å². The molecule has 1 aromatic rings. The molecule has 0 aliphatic rings. The third kappa shape index (κ3) is 4.44. The summed E-state index contributed by atoms with van der Waals surface area (Å²) in [5.74, 6) is 0.178. The number of methoxy groups -OCH3 is 1. The van der Waals surface area contributed by atoms with Gasteiger partial charge in [-0.15, -0.1) is 0 Å². The van der Waals surface area contributed by atoms with E-state index in [1.807, 2.05) is 0 Å². The predicted octanol–water partition coefficient (Wildman–Crippen LogP) is 1.94. The minimum atomic E-state index is -0.306. The van der Waals surface area contributed by atoms with Crippen molar-refractivity contribution < 1.29 is 14.3 Å². The van der Waals surface area contributed by atoms with Gasteiger partial charge in [0, 0.05) is 17.1 Å². The van der Waals surface area contributed by atoms with Crippen LogP contribution >= 0.6 is 11.6 Å². The quantitative estimate of drug-likeness (QED) is 0.818. The zero-order chi connectivity index (χ0) is 12.8. The van der Waals surface area contributed by atoms with Crippen LogP contribution < -0.4 is 10.1 Å². The van der Waals surface area contributed by atoms with E-state index in [1.165, 1.54) is 6.92 Å². The van der Waals surface area contributed by atoms with Crippen LogP contribution in [-0.2, 0) is 16.1 Å². The second kappa shape index (κ2) is 6.25. The molecule has 0 radical (unpaired) electrons. The fraction of sp³-hybridized carbons (Fsp3) is 0.333. The lowest BCUT2D eigenvalue weighted by Gasteiger charge is -2.09. The molecule has 1 amide bonds. The second-order valence-corrected chi connectivity index (χ2v) is 4.05. The molecule has 1 aromatic carbocycles. The van der Waals surface area contributed by atoms with Crippen molar-refractivity contribution in [2.24, 2.45) is 0 Å². The number of carbonyl (C=O) groups is 2. The van der Waals surface area contributed by atoms with Crippen molar-refractivity contribution in [2.45, 2.75) is 19.9 Å². The molecule has 0 spiro atoms. The number of nitrogens with one attached hydrogen (secondary N) is 1. The number of hydrogen-bond acceptors (Lipinski definition) is 3. The molecule has 1 rings (SSSR count). The minimum Gasteiger partial charge on any atom is -0.496 e. The molecule has 0 fully saturated rings. The number of halogens is 1. The Labute approximate surface area is 105 Å². The maximum atomic E-state index is 11.3. The Bertz CT molecular complexity index is 432. The average molecular weight is 256 g/mol. The van der Waals surface area contributed by atoms with E-state index in [1.54, 1.807) is 25.3 Å². The summed E-state index contributed by atoms with van der Waals surface area (Å²) in [5.41, 5.74) is 0.775. The third-order valence-electron chi connectivity index (χ3n) is 2.13. The largest absolute Gasteiger partial charge is 0.496 e. The first-order valence-electron chi connectivity index (χ1n) is 5.11. The van der Waals surface area contributed by atoms with Crippen molar-refractivity contribution in [1.82, 2.24) is 5.32 Å². The van der Waals surface area contributed by atoms with Crippen LogP contribution in [0.15, 0.2) is 18.2 Å². The number of ether oxygens (including phenoxy) is 1. The molecule has 0 aliphatic heterocycles. The first kappa shape index (κ1) is 13.5. The molecule has 0 saturated heterocycles. The lowest BCUT2D eigenvalue weighted by atomic mass is 10.2. The van der Waals surface area contributed by atoms with Gasteiger partial charge in [0.1, 0.15) is 11.5 Å². The molecular formula is C12H14ClNO3. The summed E-state index contributed by atoms with van der Waals surface area (Å²) in [6, 6.07) is 5.16. The number of ketones is 1. The molecule has 17 heavy (non-hydrogen) atoms. The van der Waals surface area contributed by atoms with E-state index in [2.05, 4.69) is 5.32 Å². The molecule has 0 aromatic heterocycles. The van der Waals surface area contributed by atoms with Crippen LogP contribution in [0.5, 0.6) is 5.75 Å². The average Bonchev–Trinajstić information content (AvgIpc) is 2.25. The molecule has 4 nitrogen and oxygen atoms in total. The van der Waals surface area contributed by atoms with Gasteiger partial charge in [-0.2, -0.15) is 0 Å². The van der Waals surface area contributed by atoms with Gasteiger partial charge in [-0.1, -0.05) is 11.6 Å². The topological polar surface area (TPSA) is 55.4 Å². The van der Waals surface area contributed by atoms with Crippen LogP contribution in [0.4, 0.5) is 0 Å². The van der Waals surface area contributed by atoms with Gasteiger partial charge in [0.15, 0.2) is 0 Å². The van der Waals surface area contributed by atoms with E-state index in [9.17, 15) is 9.59 Å². The molecular weight excluding hydrogens is 242 g/mol. The number of hydrogen-bond donors (Lipinski definition) is 1. The molecule has 0 unspecified atom stereocenters. The zero-order valence-corrected chi connectivity index (χ0v) is 10.5. The van der Waals surface area contributed by atoms with E-state index in [-0.39, 0.29) is 24.7 Å². The Hall–Kier alpha value is -1.55. The highest BCUT2D eigenvalue weighted by Gasteiger charge is 2.07. The Morgan fingerprint density at radius 3 is 2.71 bits per heavy atom.